The second-order valence-electron chi connectivity index (χ2n) is 8.54. The van der Waals surface area contributed by atoms with Crippen molar-refractivity contribution in [1.29, 1.82) is 0 Å². The highest BCUT2D eigenvalue weighted by molar-refractivity contribution is 6.09. The van der Waals surface area contributed by atoms with E-state index in [0.29, 0.717) is 23.6 Å². The fourth-order valence-electron chi connectivity index (χ4n) is 4.38. The summed E-state index contributed by atoms with van der Waals surface area (Å²) in [5, 5.41) is 4.08. The molecule has 9 heteroatoms. The number of anilines is 1. The van der Waals surface area contributed by atoms with E-state index in [1.807, 2.05) is 6.07 Å². The molecule has 170 valence electrons. The monoisotopic (exact) mass is 438 g/mol. The Labute approximate surface area is 187 Å². The van der Waals surface area contributed by atoms with E-state index < -0.39 is 5.97 Å². The molecule has 1 amide bonds. The van der Waals surface area contributed by atoms with E-state index in [2.05, 4.69) is 19.9 Å². The molecular weight excluding hydrogens is 408 g/mol. The van der Waals surface area contributed by atoms with Crippen LogP contribution in [0.4, 0.5) is 5.95 Å². The Hall–Kier alpha value is -3.23. The predicted octanol–water partition coefficient (Wildman–Crippen LogP) is 3.34. The number of aliphatic imine (C=N–C) groups is 1. The zero-order valence-corrected chi connectivity index (χ0v) is 18.9. The lowest BCUT2D eigenvalue weighted by Gasteiger charge is -2.22. The Kier molecular flexibility index (Phi) is 6.53. The molecule has 0 saturated heterocycles. The van der Waals surface area contributed by atoms with Gasteiger partial charge in [-0.25, -0.2) is 9.78 Å². The molecule has 2 aromatic rings. The quantitative estimate of drug-likeness (QED) is 0.567. The summed E-state index contributed by atoms with van der Waals surface area (Å²) in [5.41, 5.74) is 1.87. The number of carbonyl (C=O) groups is 2. The molecule has 2 aliphatic rings. The summed E-state index contributed by atoms with van der Waals surface area (Å²) in [7, 11) is 4.89. The molecular formula is C23H30N6O3. The Morgan fingerprint density at radius 1 is 1.19 bits per heavy atom. The molecule has 1 atom stereocenters. The van der Waals surface area contributed by atoms with Gasteiger partial charge in [0, 0.05) is 44.4 Å². The minimum Gasteiger partial charge on any atom is -0.465 e. The van der Waals surface area contributed by atoms with Gasteiger partial charge in [-0.2, -0.15) is 4.98 Å². The maximum Gasteiger partial charge on any atom is 0.339 e. The molecule has 1 fully saturated rings. The molecule has 0 aromatic carbocycles. The second-order valence-corrected chi connectivity index (χ2v) is 8.54. The summed E-state index contributed by atoms with van der Waals surface area (Å²) in [5.74, 6) is 0.0229. The maximum absolute atomic E-state index is 13.0. The van der Waals surface area contributed by atoms with Gasteiger partial charge in [0.2, 0.25) is 5.95 Å². The van der Waals surface area contributed by atoms with Crippen LogP contribution >= 0.6 is 0 Å². The fourth-order valence-corrected chi connectivity index (χ4v) is 4.38. The number of methoxy groups -OCH3 is 1. The third-order valence-corrected chi connectivity index (χ3v) is 6.06. The molecule has 0 bridgehead atoms. The number of nitrogens with one attached hydrogen (secondary N) is 1. The standard InChI is InChI=1S/C23H30N6O3/c1-28(2)21(30)18-12-16-14-25-23(26-19-11-10-15(13-24-19)22(31)32-3)27-20(16)29(18)17-8-6-4-5-7-9-17/h10,12-14,17,19H,4-9,11H2,1-3H3,(H,25,26,27). The molecule has 1 unspecified atom stereocenters. The van der Waals surface area contributed by atoms with Gasteiger partial charge in [-0.3, -0.25) is 9.79 Å². The highest BCUT2D eigenvalue weighted by Gasteiger charge is 2.25. The third-order valence-electron chi connectivity index (χ3n) is 6.06. The zero-order chi connectivity index (χ0) is 22.7. The summed E-state index contributed by atoms with van der Waals surface area (Å²) in [6, 6.07) is 2.14. The first-order valence-corrected chi connectivity index (χ1v) is 11.2. The minimum atomic E-state index is -0.399. The van der Waals surface area contributed by atoms with Crippen LogP contribution in [0.25, 0.3) is 11.0 Å². The van der Waals surface area contributed by atoms with Crippen molar-refractivity contribution >= 4 is 35.1 Å². The number of nitrogens with zero attached hydrogens (tertiary/aromatic N) is 5. The van der Waals surface area contributed by atoms with Crippen LogP contribution < -0.4 is 5.32 Å². The van der Waals surface area contributed by atoms with Crippen molar-refractivity contribution in [2.24, 2.45) is 4.99 Å². The van der Waals surface area contributed by atoms with E-state index in [-0.39, 0.29) is 18.1 Å². The van der Waals surface area contributed by atoms with Crippen molar-refractivity contribution in [2.75, 3.05) is 26.5 Å². The number of hydrogen-bond donors (Lipinski definition) is 1. The van der Waals surface area contributed by atoms with Crippen LogP contribution in [-0.4, -0.2) is 64.9 Å². The van der Waals surface area contributed by atoms with Crippen LogP contribution in [0.1, 0.15) is 61.5 Å². The van der Waals surface area contributed by atoms with E-state index in [1.54, 1.807) is 31.3 Å². The Balaban J connectivity index is 1.65. The summed E-state index contributed by atoms with van der Waals surface area (Å²) < 4.78 is 6.85. The summed E-state index contributed by atoms with van der Waals surface area (Å²) in [6.45, 7) is 0. The van der Waals surface area contributed by atoms with Crippen molar-refractivity contribution in [3.63, 3.8) is 0 Å². The molecule has 4 rings (SSSR count). The number of esters is 1. The van der Waals surface area contributed by atoms with E-state index in [1.165, 1.54) is 26.2 Å². The topological polar surface area (TPSA) is 102 Å². The normalized spacial score (nSPS) is 19.3. The molecule has 0 radical (unpaired) electrons. The number of dihydropyridines is 1. The third kappa shape index (κ3) is 4.51. The minimum absolute atomic E-state index is 0.0286. The van der Waals surface area contributed by atoms with Crippen molar-refractivity contribution in [2.45, 2.75) is 57.2 Å². The zero-order valence-electron chi connectivity index (χ0n) is 18.9. The van der Waals surface area contributed by atoms with E-state index in [4.69, 9.17) is 9.72 Å². The van der Waals surface area contributed by atoms with Crippen LogP contribution in [0.5, 0.6) is 0 Å². The lowest BCUT2D eigenvalue weighted by Crippen LogP contribution is -2.26. The second kappa shape index (κ2) is 9.50. The fraction of sp³-hybridized carbons (Fsp3) is 0.522. The first-order chi connectivity index (χ1) is 15.5. The lowest BCUT2D eigenvalue weighted by atomic mass is 10.1. The molecule has 0 spiro atoms. The predicted molar refractivity (Wildman–Crippen MR) is 123 cm³/mol. The van der Waals surface area contributed by atoms with Gasteiger partial charge in [0.25, 0.3) is 5.91 Å². The van der Waals surface area contributed by atoms with Crippen molar-refractivity contribution in [3.05, 3.63) is 29.6 Å². The maximum atomic E-state index is 13.0. The van der Waals surface area contributed by atoms with Gasteiger partial charge in [-0.05, 0) is 18.9 Å². The van der Waals surface area contributed by atoms with Gasteiger partial charge in [-0.1, -0.05) is 31.8 Å². The average molecular weight is 439 g/mol. The molecule has 1 aliphatic carbocycles. The molecule has 32 heavy (non-hydrogen) atoms. The Bertz CT molecular complexity index is 1060. The molecule has 1 saturated carbocycles. The number of amides is 1. The average Bonchev–Trinajstić information content (AvgIpc) is 2.97. The molecule has 1 N–H and O–H groups in total. The number of aromatic nitrogens is 3. The Morgan fingerprint density at radius 3 is 2.56 bits per heavy atom. The van der Waals surface area contributed by atoms with Crippen molar-refractivity contribution in [1.82, 2.24) is 19.4 Å². The summed E-state index contributed by atoms with van der Waals surface area (Å²) >= 11 is 0. The van der Waals surface area contributed by atoms with Crippen LogP contribution in [0.3, 0.4) is 0 Å². The number of ether oxygens (including phenoxy) is 1. The largest absolute Gasteiger partial charge is 0.465 e. The van der Waals surface area contributed by atoms with E-state index in [9.17, 15) is 9.59 Å². The van der Waals surface area contributed by atoms with E-state index in [0.717, 1.165) is 36.7 Å². The lowest BCUT2D eigenvalue weighted by molar-refractivity contribution is -0.135. The van der Waals surface area contributed by atoms with Crippen LogP contribution in [0.15, 0.2) is 28.9 Å². The van der Waals surface area contributed by atoms with Gasteiger partial charge >= 0.3 is 5.97 Å². The number of carbonyl (C=O) groups excluding carboxylic acids is 2. The van der Waals surface area contributed by atoms with Crippen molar-refractivity contribution < 1.29 is 14.3 Å². The van der Waals surface area contributed by atoms with Gasteiger partial charge in [0.05, 0.1) is 12.7 Å². The van der Waals surface area contributed by atoms with Gasteiger partial charge in [0.1, 0.15) is 17.5 Å². The highest BCUT2D eigenvalue weighted by Crippen LogP contribution is 2.33. The van der Waals surface area contributed by atoms with Crippen LogP contribution in [-0.2, 0) is 9.53 Å². The van der Waals surface area contributed by atoms with Crippen LogP contribution in [0, 0.1) is 0 Å². The molecule has 1 aliphatic heterocycles. The van der Waals surface area contributed by atoms with E-state index >= 15 is 0 Å². The highest BCUT2D eigenvalue weighted by atomic mass is 16.5. The first kappa shape index (κ1) is 22.0. The first-order valence-electron chi connectivity index (χ1n) is 11.2. The van der Waals surface area contributed by atoms with Gasteiger partial charge in [0.15, 0.2) is 0 Å². The molecule has 9 nitrogen and oxygen atoms in total. The van der Waals surface area contributed by atoms with Crippen LogP contribution in [0.2, 0.25) is 0 Å². The Morgan fingerprint density at radius 2 is 1.94 bits per heavy atom. The summed E-state index contributed by atoms with van der Waals surface area (Å²) in [6.07, 6.45) is 12.2. The number of fused-ring (bicyclic) bond motifs is 1. The molecule has 3 heterocycles. The number of hydrogen-bond acceptors (Lipinski definition) is 7. The SMILES string of the molecule is COC(=O)C1=CCC(Nc2ncc3cc(C(=O)N(C)C)n(C4CCCCCC4)c3n2)N=C1. The number of rotatable bonds is 5. The van der Waals surface area contributed by atoms with Crippen molar-refractivity contribution in [3.8, 4) is 0 Å². The summed E-state index contributed by atoms with van der Waals surface area (Å²) in [4.78, 5) is 39.8. The molecule has 2 aromatic heterocycles. The van der Waals surface area contributed by atoms with Gasteiger partial charge in [-0.15, -0.1) is 0 Å². The smallest absolute Gasteiger partial charge is 0.339 e. The van der Waals surface area contributed by atoms with Gasteiger partial charge < -0.3 is 19.5 Å².